The second-order valence-corrected chi connectivity index (χ2v) is 4.73. The Morgan fingerprint density at radius 3 is 2.95 bits per heavy atom. The van der Waals surface area contributed by atoms with Crippen molar-refractivity contribution in [3.63, 3.8) is 0 Å². The van der Waals surface area contributed by atoms with E-state index < -0.39 is 4.92 Å². The van der Waals surface area contributed by atoms with Crippen molar-refractivity contribution in [2.24, 2.45) is 0 Å². The molecule has 0 amide bonds. The van der Waals surface area contributed by atoms with E-state index >= 15 is 0 Å². The highest BCUT2D eigenvalue weighted by molar-refractivity contribution is 6.33. The number of benzene rings is 1. The lowest BCUT2D eigenvalue weighted by Gasteiger charge is -2.24. The average Bonchev–Trinajstić information content (AvgIpc) is 2.40. The molecule has 1 heterocycles. The molecule has 1 unspecified atom stereocenters. The van der Waals surface area contributed by atoms with E-state index in [9.17, 15) is 10.1 Å². The van der Waals surface area contributed by atoms with Gasteiger partial charge in [0, 0.05) is 18.3 Å². The predicted octanol–water partition coefficient (Wildman–Crippen LogP) is 2.38. The zero-order valence-electron chi connectivity index (χ0n) is 10.5. The summed E-state index contributed by atoms with van der Waals surface area (Å²) < 4.78 is 10.8. The molecule has 0 aliphatic carbocycles. The van der Waals surface area contributed by atoms with Crippen LogP contribution in [0.5, 0.6) is 0 Å². The van der Waals surface area contributed by atoms with Gasteiger partial charge in [-0.1, -0.05) is 11.6 Å². The van der Waals surface area contributed by atoms with Gasteiger partial charge in [0.2, 0.25) is 0 Å². The lowest BCUT2D eigenvalue weighted by molar-refractivity contribution is -0.384. The molecule has 1 fully saturated rings. The van der Waals surface area contributed by atoms with Gasteiger partial charge in [0.15, 0.2) is 0 Å². The fraction of sp³-hybridized carbons (Fsp3) is 0.500. The van der Waals surface area contributed by atoms with E-state index in [0.717, 1.165) is 11.3 Å². The minimum atomic E-state index is -0.489. The molecule has 7 heteroatoms. The van der Waals surface area contributed by atoms with Gasteiger partial charge < -0.3 is 14.8 Å². The number of rotatable bonds is 4. The topological polar surface area (TPSA) is 73.6 Å². The molecule has 104 valence electrons. The quantitative estimate of drug-likeness (QED) is 0.679. The van der Waals surface area contributed by atoms with Crippen LogP contribution < -0.4 is 5.32 Å². The zero-order valence-corrected chi connectivity index (χ0v) is 11.3. The van der Waals surface area contributed by atoms with Crippen molar-refractivity contribution in [3.8, 4) is 0 Å². The van der Waals surface area contributed by atoms with Gasteiger partial charge in [-0.25, -0.2) is 0 Å². The highest BCUT2D eigenvalue weighted by Crippen LogP contribution is 2.30. The van der Waals surface area contributed by atoms with Crippen LogP contribution in [-0.4, -0.2) is 37.4 Å². The Hall–Kier alpha value is -1.37. The van der Waals surface area contributed by atoms with Crippen molar-refractivity contribution in [2.45, 2.75) is 13.0 Å². The molecule has 1 aliphatic heterocycles. The third kappa shape index (κ3) is 3.56. The molecule has 0 bridgehead atoms. The standard InChI is InChI=1S/C12H15ClN2O4/c1-8-4-12(15(16)17)10(13)5-11(8)14-6-9-7-18-2-3-19-9/h4-5,9,14H,2-3,6-7H2,1H3. The van der Waals surface area contributed by atoms with Gasteiger partial charge in [0.1, 0.15) is 5.02 Å². The molecular weight excluding hydrogens is 272 g/mol. The molecule has 1 saturated heterocycles. The molecule has 1 aliphatic rings. The van der Waals surface area contributed by atoms with Crippen molar-refractivity contribution >= 4 is 23.0 Å². The number of aryl methyl sites for hydroxylation is 1. The van der Waals surface area contributed by atoms with Crippen LogP contribution in [0.2, 0.25) is 5.02 Å². The highest BCUT2D eigenvalue weighted by Gasteiger charge is 2.17. The van der Waals surface area contributed by atoms with E-state index in [2.05, 4.69) is 5.32 Å². The van der Waals surface area contributed by atoms with E-state index in [1.54, 1.807) is 13.0 Å². The number of nitro benzene ring substituents is 1. The van der Waals surface area contributed by atoms with Gasteiger partial charge in [0.25, 0.3) is 5.69 Å². The van der Waals surface area contributed by atoms with E-state index in [0.29, 0.717) is 26.4 Å². The molecule has 0 spiro atoms. The molecule has 1 N–H and O–H groups in total. The Bertz CT molecular complexity index is 475. The normalized spacial score (nSPS) is 19.2. The summed E-state index contributed by atoms with van der Waals surface area (Å²) in [6.07, 6.45) is -0.0119. The van der Waals surface area contributed by atoms with E-state index in [-0.39, 0.29) is 16.8 Å². The maximum absolute atomic E-state index is 10.8. The van der Waals surface area contributed by atoms with Crippen LogP contribution in [-0.2, 0) is 9.47 Å². The summed E-state index contributed by atoms with van der Waals surface area (Å²) in [6, 6.07) is 3.03. The van der Waals surface area contributed by atoms with Crippen LogP contribution in [0.4, 0.5) is 11.4 Å². The lowest BCUT2D eigenvalue weighted by Crippen LogP contribution is -2.34. The summed E-state index contributed by atoms with van der Waals surface area (Å²) in [5.41, 5.74) is 1.46. The SMILES string of the molecule is Cc1cc([N+](=O)[O-])c(Cl)cc1NCC1COCCO1. The van der Waals surface area contributed by atoms with Crippen molar-refractivity contribution < 1.29 is 14.4 Å². The highest BCUT2D eigenvalue weighted by atomic mass is 35.5. The van der Waals surface area contributed by atoms with E-state index in [1.807, 2.05) is 0 Å². The molecular formula is C12H15ClN2O4. The Labute approximate surface area is 115 Å². The largest absolute Gasteiger partial charge is 0.382 e. The maximum Gasteiger partial charge on any atom is 0.288 e. The summed E-state index contributed by atoms with van der Waals surface area (Å²) in [6.45, 7) is 4.14. The Morgan fingerprint density at radius 1 is 1.53 bits per heavy atom. The Kier molecular flexibility index (Phi) is 4.57. The van der Waals surface area contributed by atoms with Crippen molar-refractivity contribution in [3.05, 3.63) is 32.8 Å². The molecule has 0 radical (unpaired) electrons. The number of ether oxygens (including phenoxy) is 2. The lowest BCUT2D eigenvalue weighted by atomic mass is 10.1. The van der Waals surface area contributed by atoms with Crippen LogP contribution >= 0.6 is 11.6 Å². The molecule has 0 aromatic heterocycles. The average molecular weight is 287 g/mol. The first-order valence-electron chi connectivity index (χ1n) is 5.95. The van der Waals surface area contributed by atoms with Crippen LogP contribution in [0.1, 0.15) is 5.56 Å². The number of hydrogen-bond donors (Lipinski definition) is 1. The second kappa shape index (κ2) is 6.18. The Morgan fingerprint density at radius 2 is 2.32 bits per heavy atom. The minimum Gasteiger partial charge on any atom is -0.382 e. The molecule has 1 aromatic rings. The molecule has 1 atom stereocenters. The Balaban J connectivity index is 2.04. The molecule has 19 heavy (non-hydrogen) atoms. The van der Waals surface area contributed by atoms with Gasteiger partial charge in [-0.05, 0) is 18.6 Å². The van der Waals surface area contributed by atoms with Gasteiger partial charge in [0.05, 0.1) is 30.8 Å². The van der Waals surface area contributed by atoms with Gasteiger partial charge in [-0.2, -0.15) is 0 Å². The number of nitro groups is 1. The first-order chi connectivity index (χ1) is 9.08. The first kappa shape index (κ1) is 14.0. The van der Waals surface area contributed by atoms with Crippen LogP contribution in [0, 0.1) is 17.0 Å². The minimum absolute atomic E-state index is 0.0119. The third-order valence-electron chi connectivity index (χ3n) is 2.90. The molecule has 1 aromatic carbocycles. The summed E-state index contributed by atoms with van der Waals surface area (Å²) in [7, 11) is 0. The summed E-state index contributed by atoms with van der Waals surface area (Å²) in [5, 5.41) is 14.1. The molecule has 2 rings (SSSR count). The smallest absolute Gasteiger partial charge is 0.288 e. The van der Waals surface area contributed by atoms with Crippen LogP contribution in [0.3, 0.4) is 0 Å². The van der Waals surface area contributed by atoms with Gasteiger partial charge in [-0.3, -0.25) is 10.1 Å². The van der Waals surface area contributed by atoms with E-state index in [4.69, 9.17) is 21.1 Å². The number of hydrogen-bond acceptors (Lipinski definition) is 5. The summed E-state index contributed by atoms with van der Waals surface area (Å²) in [5.74, 6) is 0. The van der Waals surface area contributed by atoms with Gasteiger partial charge in [-0.15, -0.1) is 0 Å². The summed E-state index contributed by atoms with van der Waals surface area (Å²) >= 11 is 5.88. The number of halogens is 1. The summed E-state index contributed by atoms with van der Waals surface area (Å²) in [4.78, 5) is 10.3. The zero-order chi connectivity index (χ0) is 13.8. The first-order valence-corrected chi connectivity index (χ1v) is 6.33. The number of nitrogens with zero attached hydrogens (tertiary/aromatic N) is 1. The van der Waals surface area contributed by atoms with Crippen LogP contribution in [0.25, 0.3) is 0 Å². The van der Waals surface area contributed by atoms with Crippen molar-refractivity contribution in [2.75, 3.05) is 31.7 Å². The molecule has 6 nitrogen and oxygen atoms in total. The number of anilines is 1. The molecule has 0 saturated carbocycles. The fourth-order valence-corrected chi connectivity index (χ4v) is 2.11. The van der Waals surface area contributed by atoms with E-state index in [1.165, 1.54) is 6.07 Å². The van der Waals surface area contributed by atoms with Crippen molar-refractivity contribution in [1.29, 1.82) is 0 Å². The predicted molar refractivity (Wildman–Crippen MR) is 71.9 cm³/mol. The second-order valence-electron chi connectivity index (χ2n) is 4.32. The van der Waals surface area contributed by atoms with Crippen molar-refractivity contribution in [1.82, 2.24) is 0 Å². The third-order valence-corrected chi connectivity index (χ3v) is 3.20. The van der Waals surface area contributed by atoms with Crippen LogP contribution in [0.15, 0.2) is 12.1 Å². The monoisotopic (exact) mass is 286 g/mol. The fourth-order valence-electron chi connectivity index (χ4n) is 1.87. The number of nitrogens with one attached hydrogen (secondary N) is 1. The van der Waals surface area contributed by atoms with Gasteiger partial charge >= 0.3 is 0 Å². The maximum atomic E-state index is 10.8.